The van der Waals surface area contributed by atoms with E-state index in [1.54, 1.807) is 12.1 Å². The van der Waals surface area contributed by atoms with Crippen LogP contribution in [0.25, 0.3) is 0 Å². The number of halogens is 1. The largest absolute Gasteiger partial charge is 0.379 e. The maximum absolute atomic E-state index is 12.9. The number of aliphatic imine (C=N–C) groups is 1. The summed E-state index contributed by atoms with van der Waals surface area (Å²) in [7, 11) is 1.98. The highest BCUT2D eigenvalue weighted by molar-refractivity contribution is 5.79. The van der Waals surface area contributed by atoms with Gasteiger partial charge in [0.1, 0.15) is 5.82 Å². The van der Waals surface area contributed by atoms with Gasteiger partial charge in [-0.15, -0.1) is 0 Å². The van der Waals surface area contributed by atoms with E-state index in [9.17, 15) is 4.39 Å². The van der Waals surface area contributed by atoms with Crippen LogP contribution in [0.1, 0.15) is 32.8 Å². The van der Waals surface area contributed by atoms with Crippen LogP contribution in [0.15, 0.2) is 29.3 Å². The van der Waals surface area contributed by atoms with Crippen LogP contribution in [0.5, 0.6) is 0 Å². The van der Waals surface area contributed by atoms with Crippen LogP contribution >= 0.6 is 0 Å². The van der Waals surface area contributed by atoms with Crippen molar-refractivity contribution in [1.29, 1.82) is 0 Å². The van der Waals surface area contributed by atoms with Gasteiger partial charge in [-0.05, 0) is 44.9 Å². The molecule has 0 heterocycles. The zero-order chi connectivity index (χ0) is 16.4. The average molecular weight is 309 g/mol. The summed E-state index contributed by atoms with van der Waals surface area (Å²) in [6.45, 7) is 9.06. The maximum Gasteiger partial charge on any atom is 0.193 e. The second-order valence-corrected chi connectivity index (χ2v) is 5.49. The molecule has 0 unspecified atom stereocenters. The summed E-state index contributed by atoms with van der Waals surface area (Å²) >= 11 is 0. The Morgan fingerprint density at radius 3 is 2.59 bits per heavy atom. The summed E-state index contributed by atoms with van der Waals surface area (Å²) in [5.41, 5.74) is 1.05. The molecule has 0 bridgehead atoms. The van der Waals surface area contributed by atoms with Gasteiger partial charge >= 0.3 is 0 Å². The predicted molar refractivity (Wildman–Crippen MR) is 89.6 cm³/mol. The molecule has 0 spiro atoms. The molecule has 1 rings (SSSR count). The van der Waals surface area contributed by atoms with Crippen LogP contribution in [0.3, 0.4) is 0 Å². The number of rotatable bonds is 8. The SMILES string of the molecule is CCNC(=NCCCOC(C)C)N(C)Cc1ccc(F)cc1. The number of benzene rings is 1. The van der Waals surface area contributed by atoms with Crippen molar-refractivity contribution in [1.82, 2.24) is 10.2 Å². The van der Waals surface area contributed by atoms with Crippen molar-refractivity contribution in [3.05, 3.63) is 35.6 Å². The van der Waals surface area contributed by atoms with Crippen LogP contribution < -0.4 is 5.32 Å². The second kappa shape index (κ2) is 10.2. The zero-order valence-electron chi connectivity index (χ0n) is 14.1. The molecule has 1 aromatic carbocycles. The van der Waals surface area contributed by atoms with Gasteiger partial charge in [-0.3, -0.25) is 4.99 Å². The lowest BCUT2D eigenvalue weighted by molar-refractivity contribution is 0.0782. The van der Waals surface area contributed by atoms with Gasteiger partial charge in [0, 0.05) is 33.3 Å². The summed E-state index contributed by atoms with van der Waals surface area (Å²) in [6.07, 6.45) is 1.16. The van der Waals surface area contributed by atoms with Crippen molar-refractivity contribution in [2.45, 2.75) is 39.8 Å². The predicted octanol–water partition coefficient (Wildman–Crippen LogP) is 3.04. The van der Waals surface area contributed by atoms with Crippen LogP contribution in [-0.4, -0.2) is 43.7 Å². The molecule has 0 amide bonds. The molecule has 0 aliphatic rings. The molecule has 0 aromatic heterocycles. The lowest BCUT2D eigenvalue weighted by atomic mass is 10.2. The van der Waals surface area contributed by atoms with Gasteiger partial charge in [0.15, 0.2) is 5.96 Å². The summed E-state index contributed by atoms with van der Waals surface area (Å²) in [5.74, 6) is 0.647. The lowest BCUT2D eigenvalue weighted by Gasteiger charge is -2.22. The summed E-state index contributed by atoms with van der Waals surface area (Å²) < 4.78 is 18.4. The first-order chi connectivity index (χ1) is 10.5. The van der Waals surface area contributed by atoms with Crippen molar-refractivity contribution < 1.29 is 9.13 Å². The van der Waals surface area contributed by atoms with Crippen molar-refractivity contribution in [2.75, 3.05) is 26.7 Å². The van der Waals surface area contributed by atoms with Crippen molar-refractivity contribution in [2.24, 2.45) is 4.99 Å². The summed E-state index contributed by atoms with van der Waals surface area (Å²) in [6, 6.07) is 6.56. The molecule has 0 fully saturated rings. The third-order valence-electron chi connectivity index (χ3n) is 3.04. The molecular weight excluding hydrogens is 281 g/mol. The standard InChI is InChI=1S/C17H28FN3O/c1-5-19-17(20-11-6-12-22-14(2)3)21(4)13-15-7-9-16(18)10-8-15/h7-10,14H,5-6,11-13H2,1-4H3,(H,19,20). The van der Waals surface area contributed by atoms with Crippen molar-refractivity contribution in [3.63, 3.8) is 0 Å². The van der Waals surface area contributed by atoms with Gasteiger partial charge in [0.25, 0.3) is 0 Å². The van der Waals surface area contributed by atoms with Crippen LogP contribution in [0.2, 0.25) is 0 Å². The monoisotopic (exact) mass is 309 g/mol. The highest BCUT2D eigenvalue weighted by Crippen LogP contribution is 2.06. The van der Waals surface area contributed by atoms with E-state index in [0.29, 0.717) is 6.54 Å². The highest BCUT2D eigenvalue weighted by Gasteiger charge is 2.06. The highest BCUT2D eigenvalue weighted by atomic mass is 19.1. The van der Waals surface area contributed by atoms with Crippen LogP contribution in [-0.2, 0) is 11.3 Å². The molecule has 0 aliphatic carbocycles. The Hall–Kier alpha value is -1.62. The second-order valence-electron chi connectivity index (χ2n) is 5.49. The van der Waals surface area contributed by atoms with Crippen LogP contribution in [0, 0.1) is 5.82 Å². The van der Waals surface area contributed by atoms with E-state index in [2.05, 4.69) is 10.3 Å². The van der Waals surface area contributed by atoms with Crippen molar-refractivity contribution >= 4 is 5.96 Å². The lowest BCUT2D eigenvalue weighted by Crippen LogP contribution is -2.38. The average Bonchev–Trinajstić information content (AvgIpc) is 2.47. The number of hydrogen-bond donors (Lipinski definition) is 1. The molecule has 0 saturated carbocycles. The van der Waals surface area contributed by atoms with E-state index in [4.69, 9.17) is 4.74 Å². The Labute approximate surface area is 133 Å². The number of ether oxygens (including phenoxy) is 1. The molecule has 0 saturated heterocycles. The van der Waals surface area contributed by atoms with Crippen LogP contribution in [0.4, 0.5) is 4.39 Å². The molecule has 0 aliphatic heterocycles. The van der Waals surface area contributed by atoms with Crippen molar-refractivity contribution in [3.8, 4) is 0 Å². The minimum atomic E-state index is -0.211. The normalized spacial score (nSPS) is 11.8. The fourth-order valence-corrected chi connectivity index (χ4v) is 1.98. The number of nitrogens with zero attached hydrogens (tertiary/aromatic N) is 2. The fraction of sp³-hybridized carbons (Fsp3) is 0.588. The molecule has 0 atom stereocenters. The quantitative estimate of drug-likeness (QED) is 0.455. The Bertz CT molecular complexity index is 446. The van der Waals surface area contributed by atoms with Gasteiger partial charge < -0.3 is 15.0 Å². The number of hydrogen-bond acceptors (Lipinski definition) is 2. The fourth-order valence-electron chi connectivity index (χ4n) is 1.98. The molecule has 0 radical (unpaired) electrons. The molecule has 124 valence electrons. The number of nitrogens with one attached hydrogen (secondary N) is 1. The van der Waals surface area contributed by atoms with Gasteiger partial charge in [0.2, 0.25) is 0 Å². The molecule has 22 heavy (non-hydrogen) atoms. The third-order valence-corrected chi connectivity index (χ3v) is 3.04. The zero-order valence-corrected chi connectivity index (χ0v) is 14.1. The van der Waals surface area contributed by atoms with E-state index in [0.717, 1.165) is 37.6 Å². The molecule has 4 nitrogen and oxygen atoms in total. The molecule has 1 N–H and O–H groups in total. The topological polar surface area (TPSA) is 36.9 Å². The Morgan fingerprint density at radius 1 is 1.32 bits per heavy atom. The summed E-state index contributed by atoms with van der Waals surface area (Å²) in [4.78, 5) is 6.64. The van der Waals surface area contributed by atoms with E-state index >= 15 is 0 Å². The first-order valence-electron chi connectivity index (χ1n) is 7.88. The van der Waals surface area contributed by atoms with E-state index in [1.165, 1.54) is 12.1 Å². The first-order valence-corrected chi connectivity index (χ1v) is 7.88. The Balaban J connectivity index is 2.51. The van der Waals surface area contributed by atoms with E-state index in [1.807, 2.05) is 32.7 Å². The van der Waals surface area contributed by atoms with Gasteiger partial charge in [-0.25, -0.2) is 4.39 Å². The Morgan fingerprint density at radius 2 is 2.00 bits per heavy atom. The molecular formula is C17H28FN3O. The Kier molecular flexibility index (Phi) is 8.51. The van der Waals surface area contributed by atoms with Gasteiger partial charge in [-0.2, -0.15) is 0 Å². The van der Waals surface area contributed by atoms with Gasteiger partial charge in [0.05, 0.1) is 6.10 Å². The number of guanidine groups is 1. The van der Waals surface area contributed by atoms with Gasteiger partial charge in [-0.1, -0.05) is 12.1 Å². The first kappa shape index (κ1) is 18.4. The van der Waals surface area contributed by atoms with E-state index in [-0.39, 0.29) is 11.9 Å². The maximum atomic E-state index is 12.9. The smallest absolute Gasteiger partial charge is 0.193 e. The minimum Gasteiger partial charge on any atom is -0.379 e. The third kappa shape index (κ3) is 7.41. The molecule has 1 aromatic rings. The van der Waals surface area contributed by atoms with E-state index < -0.39 is 0 Å². The summed E-state index contributed by atoms with van der Waals surface area (Å²) in [5, 5.41) is 3.27. The molecule has 5 heteroatoms. The minimum absolute atomic E-state index is 0.211.